The van der Waals surface area contributed by atoms with E-state index in [-0.39, 0.29) is 12.6 Å². The Balaban J connectivity index is 2.34. The molecule has 0 aromatic heterocycles. The molecule has 2 atom stereocenters. The van der Waals surface area contributed by atoms with Gasteiger partial charge in [-0.05, 0) is 31.1 Å². The Morgan fingerprint density at radius 2 is 2.06 bits per heavy atom. The monoisotopic (exact) mass is 242 g/mol. The molecular weight excluding hydrogens is 216 g/mol. The minimum absolute atomic E-state index is 0.0870. The van der Waals surface area contributed by atoms with Crippen LogP contribution in [0.2, 0.25) is 0 Å². The Bertz CT molecular complexity index is 231. The first kappa shape index (κ1) is 14.3. The molecule has 0 heterocycles. The third-order valence-electron chi connectivity index (χ3n) is 3.61. The number of rotatable bonds is 5. The first-order chi connectivity index (χ1) is 8.15. The van der Waals surface area contributed by atoms with E-state index >= 15 is 0 Å². The van der Waals surface area contributed by atoms with Gasteiger partial charge < -0.3 is 15.7 Å². The van der Waals surface area contributed by atoms with Gasteiger partial charge in [-0.15, -0.1) is 0 Å². The number of amides is 2. The molecular formula is C13H26N2O2. The lowest BCUT2D eigenvalue weighted by molar-refractivity contribution is 0.193. The fourth-order valence-electron chi connectivity index (χ4n) is 2.64. The molecule has 0 aromatic rings. The number of urea groups is 1. The van der Waals surface area contributed by atoms with Crippen LogP contribution in [0.15, 0.2) is 0 Å². The van der Waals surface area contributed by atoms with Gasteiger partial charge in [-0.3, -0.25) is 0 Å². The largest absolute Gasteiger partial charge is 0.396 e. The molecule has 100 valence electrons. The molecule has 1 saturated carbocycles. The smallest absolute Gasteiger partial charge is 0.315 e. The van der Waals surface area contributed by atoms with E-state index in [0.717, 1.165) is 6.42 Å². The lowest BCUT2D eigenvalue weighted by Crippen LogP contribution is -2.48. The van der Waals surface area contributed by atoms with Crippen LogP contribution >= 0.6 is 0 Å². The number of carbonyl (C=O) groups is 1. The van der Waals surface area contributed by atoms with Crippen LogP contribution in [0, 0.1) is 11.8 Å². The van der Waals surface area contributed by atoms with Crippen molar-refractivity contribution < 1.29 is 9.90 Å². The third kappa shape index (κ3) is 4.94. The SMILES string of the molecule is CC(C)C1CCCCC1NC(=O)NCCCO. The zero-order chi connectivity index (χ0) is 12.7. The normalized spacial score (nSPS) is 24.7. The molecule has 0 aromatic carbocycles. The van der Waals surface area contributed by atoms with Crippen LogP contribution in [-0.2, 0) is 0 Å². The third-order valence-corrected chi connectivity index (χ3v) is 3.61. The Morgan fingerprint density at radius 3 is 2.71 bits per heavy atom. The number of hydrogen-bond donors (Lipinski definition) is 3. The van der Waals surface area contributed by atoms with Crippen molar-refractivity contribution in [3.8, 4) is 0 Å². The molecule has 1 aliphatic rings. The van der Waals surface area contributed by atoms with E-state index in [9.17, 15) is 4.79 Å². The van der Waals surface area contributed by atoms with Crippen molar-refractivity contribution in [2.75, 3.05) is 13.2 Å². The van der Waals surface area contributed by atoms with Crippen molar-refractivity contribution in [3.63, 3.8) is 0 Å². The summed E-state index contributed by atoms with van der Waals surface area (Å²) in [6.07, 6.45) is 5.43. The Labute approximate surface area is 104 Å². The van der Waals surface area contributed by atoms with Crippen molar-refractivity contribution >= 4 is 6.03 Å². The molecule has 4 heteroatoms. The Hall–Kier alpha value is -0.770. The zero-order valence-electron chi connectivity index (χ0n) is 11.0. The molecule has 17 heavy (non-hydrogen) atoms. The van der Waals surface area contributed by atoms with E-state index in [0.29, 0.717) is 30.8 Å². The van der Waals surface area contributed by atoms with Crippen molar-refractivity contribution in [1.82, 2.24) is 10.6 Å². The van der Waals surface area contributed by atoms with Gasteiger partial charge in [-0.1, -0.05) is 26.7 Å². The van der Waals surface area contributed by atoms with Crippen LogP contribution in [0.4, 0.5) is 4.79 Å². The summed E-state index contributed by atoms with van der Waals surface area (Å²) in [7, 11) is 0. The average Bonchev–Trinajstić information content (AvgIpc) is 2.29. The maximum absolute atomic E-state index is 11.7. The molecule has 2 amide bonds. The van der Waals surface area contributed by atoms with Gasteiger partial charge in [0.2, 0.25) is 0 Å². The lowest BCUT2D eigenvalue weighted by atomic mass is 9.78. The quantitative estimate of drug-likeness (QED) is 0.645. The molecule has 4 nitrogen and oxygen atoms in total. The number of carbonyl (C=O) groups excluding carboxylic acids is 1. The van der Waals surface area contributed by atoms with Gasteiger partial charge in [0.25, 0.3) is 0 Å². The van der Waals surface area contributed by atoms with Crippen molar-refractivity contribution in [3.05, 3.63) is 0 Å². The van der Waals surface area contributed by atoms with Gasteiger partial charge >= 0.3 is 6.03 Å². The maximum Gasteiger partial charge on any atom is 0.315 e. The van der Waals surface area contributed by atoms with E-state index in [1.54, 1.807) is 0 Å². The van der Waals surface area contributed by atoms with Crippen LogP contribution in [0.5, 0.6) is 0 Å². The second-order valence-corrected chi connectivity index (χ2v) is 5.28. The number of hydrogen-bond acceptors (Lipinski definition) is 2. The summed E-state index contributed by atoms with van der Waals surface area (Å²) < 4.78 is 0. The highest BCUT2D eigenvalue weighted by molar-refractivity contribution is 5.74. The van der Waals surface area contributed by atoms with Crippen molar-refractivity contribution in [2.24, 2.45) is 11.8 Å². The molecule has 0 spiro atoms. The molecule has 1 rings (SSSR count). The van der Waals surface area contributed by atoms with Gasteiger partial charge in [0, 0.05) is 19.2 Å². The predicted molar refractivity (Wildman–Crippen MR) is 68.8 cm³/mol. The van der Waals surface area contributed by atoms with Crippen LogP contribution < -0.4 is 10.6 Å². The van der Waals surface area contributed by atoms with Gasteiger partial charge in [0.05, 0.1) is 0 Å². The average molecular weight is 242 g/mol. The van der Waals surface area contributed by atoms with Crippen LogP contribution in [0.1, 0.15) is 46.0 Å². The van der Waals surface area contributed by atoms with E-state index in [2.05, 4.69) is 24.5 Å². The first-order valence-corrected chi connectivity index (χ1v) is 6.80. The van der Waals surface area contributed by atoms with Gasteiger partial charge in [0.1, 0.15) is 0 Å². The Kier molecular flexibility index (Phi) is 6.34. The minimum Gasteiger partial charge on any atom is -0.396 e. The second kappa shape index (κ2) is 7.54. The van der Waals surface area contributed by atoms with Crippen molar-refractivity contribution in [1.29, 1.82) is 0 Å². The molecule has 2 unspecified atom stereocenters. The summed E-state index contributed by atoms with van der Waals surface area (Å²) in [6.45, 7) is 5.13. The van der Waals surface area contributed by atoms with Gasteiger partial charge in [-0.25, -0.2) is 4.79 Å². The zero-order valence-corrected chi connectivity index (χ0v) is 11.0. The highest BCUT2D eigenvalue weighted by Crippen LogP contribution is 2.29. The fourth-order valence-corrected chi connectivity index (χ4v) is 2.64. The molecule has 0 aliphatic heterocycles. The molecule has 1 fully saturated rings. The van der Waals surface area contributed by atoms with Gasteiger partial charge in [-0.2, -0.15) is 0 Å². The summed E-state index contributed by atoms with van der Waals surface area (Å²) in [6, 6.07) is 0.230. The topological polar surface area (TPSA) is 61.4 Å². The molecule has 0 radical (unpaired) electrons. The number of nitrogens with one attached hydrogen (secondary N) is 2. The van der Waals surface area contributed by atoms with E-state index in [4.69, 9.17) is 5.11 Å². The Morgan fingerprint density at radius 1 is 1.35 bits per heavy atom. The van der Waals surface area contributed by atoms with Gasteiger partial charge in [0.15, 0.2) is 0 Å². The highest BCUT2D eigenvalue weighted by atomic mass is 16.3. The first-order valence-electron chi connectivity index (χ1n) is 6.80. The van der Waals surface area contributed by atoms with Crippen LogP contribution in [0.25, 0.3) is 0 Å². The maximum atomic E-state index is 11.7. The lowest BCUT2D eigenvalue weighted by Gasteiger charge is -2.34. The standard InChI is InChI=1S/C13H26N2O2/c1-10(2)11-6-3-4-7-12(11)15-13(17)14-8-5-9-16/h10-12,16H,3-9H2,1-2H3,(H2,14,15,17). The van der Waals surface area contributed by atoms with E-state index in [1.165, 1.54) is 19.3 Å². The molecule has 1 aliphatic carbocycles. The van der Waals surface area contributed by atoms with Crippen molar-refractivity contribution in [2.45, 2.75) is 52.0 Å². The summed E-state index contributed by atoms with van der Waals surface area (Å²) in [5, 5.41) is 14.5. The summed E-state index contributed by atoms with van der Waals surface area (Å²) in [5.74, 6) is 1.23. The van der Waals surface area contributed by atoms with E-state index in [1.807, 2.05) is 0 Å². The summed E-state index contributed by atoms with van der Waals surface area (Å²) in [4.78, 5) is 11.7. The highest BCUT2D eigenvalue weighted by Gasteiger charge is 2.28. The molecule has 3 N–H and O–H groups in total. The van der Waals surface area contributed by atoms with Crippen LogP contribution in [-0.4, -0.2) is 30.3 Å². The van der Waals surface area contributed by atoms with E-state index < -0.39 is 0 Å². The predicted octanol–water partition coefficient (Wildman–Crippen LogP) is 1.88. The second-order valence-electron chi connectivity index (χ2n) is 5.28. The fraction of sp³-hybridized carbons (Fsp3) is 0.923. The minimum atomic E-state index is -0.0870. The molecule has 0 saturated heterocycles. The van der Waals surface area contributed by atoms with Crippen LogP contribution in [0.3, 0.4) is 0 Å². The number of aliphatic hydroxyl groups is 1. The summed E-state index contributed by atoms with van der Waals surface area (Å²) in [5.41, 5.74) is 0. The number of aliphatic hydroxyl groups excluding tert-OH is 1. The summed E-state index contributed by atoms with van der Waals surface area (Å²) >= 11 is 0. The molecule has 0 bridgehead atoms.